The molecule has 2 bridgehead atoms. The van der Waals surface area contributed by atoms with Crippen LogP contribution in [0.3, 0.4) is 0 Å². The highest BCUT2D eigenvalue weighted by Gasteiger charge is 2.39. The smallest absolute Gasteiger partial charge is 0.222 e. The van der Waals surface area contributed by atoms with E-state index in [1.807, 2.05) is 6.07 Å². The highest BCUT2D eigenvalue weighted by molar-refractivity contribution is 6.02. The molecule has 1 aromatic heterocycles. The van der Waals surface area contributed by atoms with Crippen LogP contribution < -0.4 is 0 Å². The Bertz CT molecular complexity index is 404. The number of hydrogen-bond acceptors (Lipinski definition) is 4. The summed E-state index contributed by atoms with van der Waals surface area (Å²) in [4.78, 5) is 11.7. The first-order valence-electron chi connectivity index (χ1n) is 4.88. The van der Waals surface area contributed by atoms with Crippen LogP contribution in [0.2, 0.25) is 0 Å². The lowest BCUT2D eigenvalue weighted by atomic mass is 10.0. The Hall–Kier alpha value is -1.39. The summed E-state index contributed by atoms with van der Waals surface area (Å²) in [7, 11) is 0. The maximum Gasteiger partial charge on any atom is 0.222 e. The molecular formula is C11H10O4. The summed E-state index contributed by atoms with van der Waals surface area (Å²) < 4.78 is 15.7. The van der Waals surface area contributed by atoms with E-state index in [2.05, 4.69) is 0 Å². The lowest BCUT2D eigenvalue weighted by molar-refractivity contribution is -0.146. The van der Waals surface area contributed by atoms with Gasteiger partial charge in [-0.05, 0) is 18.2 Å². The number of furan rings is 1. The van der Waals surface area contributed by atoms with E-state index in [-0.39, 0.29) is 11.9 Å². The summed E-state index contributed by atoms with van der Waals surface area (Å²) in [5.41, 5.74) is 0.726. The van der Waals surface area contributed by atoms with E-state index in [0.717, 1.165) is 5.57 Å². The van der Waals surface area contributed by atoms with Crippen molar-refractivity contribution in [2.75, 3.05) is 6.61 Å². The molecular weight excluding hydrogens is 196 g/mol. The summed E-state index contributed by atoms with van der Waals surface area (Å²) >= 11 is 0. The van der Waals surface area contributed by atoms with Crippen LogP contribution in [0.4, 0.5) is 0 Å². The molecule has 2 atom stereocenters. The Kier molecular flexibility index (Phi) is 1.97. The van der Waals surface area contributed by atoms with Gasteiger partial charge in [0.05, 0.1) is 19.0 Å². The first kappa shape index (κ1) is 8.88. The van der Waals surface area contributed by atoms with E-state index in [1.165, 1.54) is 0 Å². The molecule has 15 heavy (non-hydrogen) atoms. The highest BCUT2D eigenvalue weighted by Crippen LogP contribution is 2.29. The minimum absolute atomic E-state index is 0.0221. The van der Waals surface area contributed by atoms with Crippen molar-refractivity contribution in [3.05, 3.63) is 29.7 Å². The van der Waals surface area contributed by atoms with Crippen LogP contribution in [0, 0.1) is 0 Å². The Labute approximate surface area is 86.5 Å². The fourth-order valence-corrected chi connectivity index (χ4v) is 1.87. The quantitative estimate of drug-likeness (QED) is 0.651. The topological polar surface area (TPSA) is 48.7 Å². The zero-order valence-corrected chi connectivity index (χ0v) is 8.01. The van der Waals surface area contributed by atoms with Crippen LogP contribution in [-0.2, 0) is 14.3 Å². The molecule has 0 spiro atoms. The molecule has 1 aromatic rings. The maximum absolute atomic E-state index is 11.7. The Morgan fingerprint density at radius 1 is 1.47 bits per heavy atom. The number of ketones is 1. The predicted molar refractivity (Wildman–Crippen MR) is 50.9 cm³/mol. The van der Waals surface area contributed by atoms with Crippen LogP contribution in [0.1, 0.15) is 12.2 Å². The zero-order chi connectivity index (χ0) is 10.3. The minimum Gasteiger partial charge on any atom is -0.465 e. The van der Waals surface area contributed by atoms with Crippen molar-refractivity contribution in [3.63, 3.8) is 0 Å². The van der Waals surface area contributed by atoms with Crippen molar-refractivity contribution in [2.24, 2.45) is 0 Å². The summed E-state index contributed by atoms with van der Waals surface area (Å²) in [5.74, 6) is 0.611. The normalized spacial score (nSPS) is 32.5. The molecule has 2 aliphatic heterocycles. The monoisotopic (exact) mass is 206 g/mol. The maximum atomic E-state index is 11.7. The molecule has 0 N–H and O–H groups in total. The summed E-state index contributed by atoms with van der Waals surface area (Å²) in [6.45, 7) is 0.506. The van der Waals surface area contributed by atoms with Gasteiger partial charge in [0.15, 0.2) is 0 Å². The largest absolute Gasteiger partial charge is 0.465 e. The number of ether oxygens (including phenoxy) is 2. The number of carbonyl (C=O) groups is 1. The fourth-order valence-electron chi connectivity index (χ4n) is 1.87. The Balaban J connectivity index is 1.90. The third kappa shape index (κ3) is 1.52. The van der Waals surface area contributed by atoms with Crippen molar-refractivity contribution < 1.29 is 18.7 Å². The van der Waals surface area contributed by atoms with Crippen LogP contribution >= 0.6 is 0 Å². The summed E-state index contributed by atoms with van der Waals surface area (Å²) in [6.07, 6.45) is 3.29. The first-order chi connectivity index (χ1) is 7.33. The molecule has 0 amide bonds. The van der Waals surface area contributed by atoms with Gasteiger partial charge in [-0.2, -0.15) is 0 Å². The number of fused-ring (bicyclic) bond motifs is 2. The van der Waals surface area contributed by atoms with Gasteiger partial charge in [-0.3, -0.25) is 4.79 Å². The number of Topliss-reactive ketones (excluding diaryl/α,β-unsaturated/α-hetero) is 1. The van der Waals surface area contributed by atoms with Gasteiger partial charge in [-0.15, -0.1) is 0 Å². The van der Waals surface area contributed by atoms with Gasteiger partial charge in [0.1, 0.15) is 5.76 Å². The average Bonchev–Trinajstić information content (AvgIpc) is 2.84. The minimum atomic E-state index is -0.690. The molecule has 0 radical (unpaired) electrons. The molecule has 2 aliphatic rings. The van der Waals surface area contributed by atoms with Gasteiger partial charge < -0.3 is 13.9 Å². The lowest BCUT2D eigenvalue weighted by Gasteiger charge is -2.18. The van der Waals surface area contributed by atoms with E-state index in [4.69, 9.17) is 13.9 Å². The summed E-state index contributed by atoms with van der Waals surface area (Å²) in [6, 6.07) is 3.61. The SMILES string of the molecule is O=C1/C(=C/c2ccco2)C[C@H]2CO[C@@H]1O2. The number of hydrogen-bond donors (Lipinski definition) is 0. The second-order valence-electron chi connectivity index (χ2n) is 3.68. The molecule has 0 aromatic carbocycles. The van der Waals surface area contributed by atoms with E-state index < -0.39 is 6.29 Å². The molecule has 4 heteroatoms. The van der Waals surface area contributed by atoms with Crippen LogP contribution in [0.5, 0.6) is 0 Å². The van der Waals surface area contributed by atoms with Crippen molar-refractivity contribution in [1.82, 2.24) is 0 Å². The van der Waals surface area contributed by atoms with Crippen LogP contribution in [0.15, 0.2) is 28.4 Å². The Morgan fingerprint density at radius 3 is 3.20 bits per heavy atom. The number of carbonyl (C=O) groups excluding carboxylic acids is 1. The zero-order valence-electron chi connectivity index (χ0n) is 8.01. The molecule has 2 fully saturated rings. The van der Waals surface area contributed by atoms with E-state index in [9.17, 15) is 4.79 Å². The highest BCUT2D eigenvalue weighted by atomic mass is 16.7. The molecule has 78 valence electrons. The molecule has 4 nitrogen and oxygen atoms in total. The van der Waals surface area contributed by atoms with Gasteiger partial charge in [-0.1, -0.05) is 0 Å². The fraction of sp³-hybridized carbons (Fsp3) is 0.364. The second kappa shape index (κ2) is 3.32. The summed E-state index contributed by atoms with van der Waals surface area (Å²) in [5, 5.41) is 0. The lowest BCUT2D eigenvalue weighted by Crippen LogP contribution is -2.30. The van der Waals surface area contributed by atoms with E-state index in [1.54, 1.807) is 18.4 Å². The third-order valence-electron chi connectivity index (χ3n) is 2.59. The standard InChI is InChI=1S/C11H10O4/c12-10-7(4-8-2-1-3-13-8)5-9-6-14-11(10)15-9/h1-4,9,11H,5-6H2/b7-4+/t9-,11+/m0/s1. The molecule has 0 saturated carbocycles. The van der Waals surface area contributed by atoms with Crippen molar-refractivity contribution in [2.45, 2.75) is 18.8 Å². The number of rotatable bonds is 1. The van der Waals surface area contributed by atoms with Crippen LogP contribution in [-0.4, -0.2) is 24.8 Å². The first-order valence-corrected chi connectivity index (χ1v) is 4.88. The molecule has 0 aliphatic carbocycles. The van der Waals surface area contributed by atoms with E-state index >= 15 is 0 Å². The molecule has 0 unspecified atom stereocenters. The van der Waals surface area contributed by atoms with Gasteiger partial charge >= 0.3 is 0 Å². The molecule has 3 rings (SSSR count). The second-order valence-corrected chi connectivity index (χ2v) is 3.68. The van der Waals surface area contributed by atoms with Gasteiger partial charge in [0, 0.05) is 12.0 Å². The van der Waals surface area contributed by atoms with Gasteiger partial charge in [0.2, 0.25) is 12.1 Å². The Morgan fingerprint density at radius 2 is 2.40 bits per heavy atom. The predicted octanol–water partition coefficient (Wildman–Crippen LogP) is 1.38. The molecule has 3 heterocycles. The average molecular weight is 206 g/mol. The van der Waals surface area contributed by atoms with E-state index in [0.29, 0.717) is 18.8 Å². The van der Waals surface area contributed by atoms with Gasteiger partial charge in [0.25, 0.3) is 0 Å². The van der Waals surface area contributed by atoms with Crippen molar-refractivity contribution in [1.29, 1.82) is 0 Å². The van der Waals surface area contributed by atoms with Crippen molar-refractivity contribution >= 4 is 11.9 Å². The molecule has 2 saturated heterocycles. The third-order valence-corrected chi connectivity index (χ3v) is 2.59. The van der Waals surface area contributed by atoms with Crippen LogP contribution in [0.25, 0.3) is 6.08 Å². The van der Waals surface area contributed by atoms with Gasteiger partial charge in [-0.25, -0.2) is 0 Å². The van der Waals surface area contributed by atoms with Crippen molar-refractivity contribution in [3.8, 4) is 0 Å².